The number of nitrogens with zero attached hydrogens (tertiary/aromatic N) is 2. The topological polar surface area (TPSA) is 114 Å². The number of nitrogens with one attached hydrogen (secondary N) is 1. The largest absolute Gasteiger partial charge is 0.507 e. The fraction of sp³-hybridized carbons (Fsp3) is 0.0667. The van der Waals surface area contributed by atoms with Crippen molar-refractivity contribution in [1.29, 1.82) is 0 Å². The first-order chi connectivity index (χ1) is 11.9. The molecule has 2 aromatic carbocycles. The molecule has 0 aliphatic heterocycles. The molecule has 0 spiro atoms. The molecule has 2 rings (SSSR count). The SMILES string of the molecule is O=C(COc1ccc([N+](=O)[O-])cc1Br)N/N=C\c1cc(Cl)ccc1O. The van der Waals surface area contributed by atoms with Gasteiger partial charge < -0.3 is 9.84 Å². The summed E-state index contributed by atoms with van der Waals surface area (Å²) < 4.78 is 5.60. The van der Waals surface area contributed by atoms with E-state index in [1.54, 1.807) is 0 Å². The summed E-state index contributed by atoms with van der Waals surface area (Å²) in [6, 6.07) is 8.31. The zero-order chi connectivity index (χ0) is 18.4. The van der Waals surface area contributed by atoms with Crippen LogP contribution >= 0.6 is 27.5 Å². The molecule has 0 unspecified atom stereocenters. The second kappa shape index (κ2) is 8.45. The predicted octanol–water partition coefficient (Wildman–Crippen LogP) is 3.25. The number of phenols is 1. The van der Waals surface area contributed by atoms with Crippen LogP contribution in [-0.4, -0.2) is 28.8 Å². The minimum Gasteiger partial charge on any atom is -0.507 e. The van der Waals surface area contributed by atoms with Gasteiger partial charge in [0, 0.05) is 22.7 Å². The monoisotopic (exact) mass is 427 g/mol. The molecule has 130 valence electrons. The van der Waals surface area contributed by atoms with Crippen molar-refractivity contribution in [2.24, 2.45) is 5.10 Å². The number of hydrogen-bond acceptors (Lipinski definition) is 6. The van der Waals surface area contributed by atoms with Crippen LogP contribution in [0, 0.1) is 10.1 Å². The Morgan fingerprint density at radius 2 is 2.16 bits per heavy atom. The smallest absolute Gasteiger partial charge is 0.277 e. The van der Waals surface area contributed by atoms with Gasteiger partial charge in [-0.2, -0.15) is 5.10 Å². The van der Waals surface area contributed by atoms with Crippen molar-refractivity contribution in [3.63, 3.8) is 0 Å². The van der Waals surface area contributed by atoms with Crippen LogP contribution < -0.4 is 10.2 Å². The molecule has 0 saturated carbocycles. The van der Waals surface area contributed by atoms with Crippen molar-refractivity contribution in [2.75, 3.05) is 6.61 Å². The summed E-state index contributed by atoms with van der Waals surface area (Å²) in [5.41, 5.74) is 2.46. The molecule has 2 aromatic rings. The van der Waals surface area contributed by atoms with E-state index in [4.69, 9.17) is 16.3 Å². The Hall–Kier alpha value is -2.65. The van der Waals surface area contributed by atoms with Gasteiger partial charge in [-0.1, -0.05) is 11.6 Å². The van der Waals surface area contributed by atoms with Crippen LogP contribution in [0.4, 0.5) is 5.69 Å². The van der Waals surface area contributed by atoms with E-state index >= 15 is 0 Å². The number of non-ortho nitro benzene ring substituents is 1. The Kier molecular flexibility index (Phi) is 6.31. The highest BCUT2D eigenvalue weighted by Crippen LogP contribution is 2.28. The van der Waals surface area contributed by atoms with Gasteiger partial charge >= 0.3 is 0 Å². The summed E-state index contributed by atoms with van der Waals surface area (Å²) in [6.07, 6.45) is 1.24. The minimum absolute atomic E-state index is 0.0338. The van der Waals surface area contributed by atoms with E-state index in [0.29, 0.717) is 15.1 Å². The second-order valence-corrected chi connectivity index (χ2v) is 5.95. The number of aromatic hydroxyl groups is 1. The lowest BCUT2D eigenvalue weighted by atomic mass is 10.2. The Morgan fingerprint density at radius 1 is 1.40 bits per heavy atom. The number of benzene rings is 2. The Bertz CT molecular complexity index is 844. The summed E-state index contributed by atoms with van der Waals surface area (Å²) >= 11 is 8.93. The van der Waals surface area contributed by atoms with Crippen molar-refractivity contribution in [1.82, 2.24) is 5.43 Å². The lowest BCUT2D eigenvalue weighted by Gasteiger charge is -2.07. The van der Waals surface area contributed by atoms with Gasteiger partial charge in [-0.3, -0.25) is 14.9 Å². The molecule has 25 heavy (non-hydrogen) atoms. The number of carbonyl (C=O) groups excluding carboxylic acids is 1. The number of carbonyl (C=O) groups is 1. The summed E-state index contributed by atoms with van der Waals surface area (Å²) in [6.45, 7) is -0.352. The van der Waals surface area contributed by atoms with E-state index < -0.39 is 10.8 Å². The number of amides is 1. The first-order valence-corrected chi connectivity index (χ1v) is 7.91. The van der Waals surface area contributed by atoms with E-state index in [1.165, 1.54) is 42.6 Å². The van der Waals surface area contributed by atoms with Crippen LogP contribution in [-0.2, 0) is 4.79 Å². The zero-order valence-corrected chi connectivity index (χ0v) is 14.8. The van der Waals surface area contributed by atoms with Crippen molar-refractivity contribution in [3.05, 3.63) is 61.6 Å². The van der Waals surface area contributed by atoms with Gasteiger partial charge in [0.15, 0.2) is 6.61 Å². The van der Waals surface area contributed by atoms with Crippen LogP contribution in [0.2, 0.25) is 5.02 Å². The average molecular weight is 429 g/mol. The molecule has 8 nitrogen and oxygen atoms in total. The molecule has 10 heteroatoms. The van der Waals surface area contributed by atoms with Gasteiger partial charge in [0.25, 0.3) is 11.6 Å². The highest BCUT2D eigenvalue weighted by atomic mass is 79.9. The fourth-order valence-corrected chi connectivity index (χ4v) is 2.36. The zero-order valence-electron chi connectivity index (χ0n) is 12.5. The molecule has 2 N–H and O–H groups in total. The Balaban J connectivity index is 1.89. The minimum atomic E-state index is -0.553. The number of hydrazone groups is 1. The van der Waals surface area contributed by atoms with Crippen LogP contribution in [0.1, 0.15) is 5.56 Å². The summed E-state index contributed by atoms with van der Waals surface area (Å²) in [5, 5.41) is 24.4. The number of nitro benzene ring substituents is 1. The summed E-state index contributed by atoms with van der Waals surface area (Å²) in [4.78, 5) is 21.8. The van der Waals surface area contributed by atoms with Crippen molar-refractivity contribution >= 4 is 45.3 Å². The predicted molar refractivity (Wildman–Crippen MR) is 95.1 cm³/mol. The molecule has 0 radical (unpaired) electrons. The van der Waals surface area contributed by atoms with E-state index in [-0.39, 0.29) is 23.8 Å². The highest BCUT2D eigenvalue weighted by molar-refractivity contribution is 9.10. The van der Waals surface area contributed by atoms with Crippen molar-refractivity contribution in [3.8, 4) is 11.5 Å². The Labute approximate surface area is 155 Å². The molecule has 0 atom stereocenters. The average Bonchev–Trinajstić information content (AvgIpc) is 2.56. The van der Waals surface area contributed by atoms with Gasteiger partial charge in [-0.25, -0.2) is 5.43 Å². The molecular formula is C15H11BrClN3O5. The van der Waals surface area contributed by atoms with Crippen LogP contribution in [0.25, 0.3) is 0 Å². The number of ether oxygens (including phenoxy) is 1. The van der Waals surface area contributed by atoms with Crippen LogP contribution in [0.3, 0.4) is 0 Å². The molecule has 1 amide bonds. The van der Waals surface area contributed by atoms with E-state index in [1.807, 2.05) is 0 Å². The lowest BCUT2D eigenvalue weighted by molar-refractivity contribution is -0.384. The normalized spacial score (nSPS) is 10.6. The number of nitro groups is 1. The first-order valence-electron chi connectivity index (χ1n) is 6.74. The number of halogens is 2. The summed E-state index contributed by atoms with van der Waals surface area (Å²) in [7, 11) is 0. The molecular weight excluding hydrogens is 418 g/mol. The maximum Gasteiger partial charge on any atom is 0.277 e. The standard InChI is InChI=1S/C15H11BrClN3O5/c16-12-6-11(20(23)24)2-4-14(12)25-8-15(22)19-18-7-9-5-10(17)1-3-13(9)21/h1-7,21H,8H2,(H,19,22)/b18-7-. The molecule has 0 aliphatic rings. The second-order valence-electron chi connectivity index (χ2n) is 4.66. The quantitative estimate of drug-likeness (QED) is 0.416. The van der Waals surface area contributed by atoms with Gasteiger partial charge in [-0.15, -0.1) is 0 Å². The molecule has 0 aliphatic carbocycles. The lowest BCUT2D eigenvalue weighted by Crippen LogP contribution is -2.24. The van der Waals surface area contributed by atoms with Gasteiger partial charge in [0.2, 0.25) is 0 Å². The van der Waals surface area contributed by atoms with Crippen molar-refractivity contribution in [2.45, 2.75) is 0 Å². The van der Waals surface area contributed by atoms with Gasteiger partial charge in [-0.05, 0) is 40.2 Å². The van der Waals surface area contributed by atoms with Gasteiger partial charge in [0.05, 0.1) is 15.6 Å². The third-order valence-corrected chi connectivity index (χ3v) is 3.72. The highest BCUT2D eigenvalue weighted by Gasteiger charge is 2.11. The third kappa shape index (κ3) is 5.44. The van der Waals surface area contributed by atoms with Crippen LogP contribution in [0.15, 0.2) is 46.0 Å². The molecule has 0 aromatic heterocycles. The number of rotatable bonds is 6. The van der Waals surface area contributed by atoms with E-state index in [9.17, 15) is 20.0 Å². The molecule has 0 saturated heterocycles. The van der Waals surface area contributed by atoms with Crippen molar-refractivity contribution < 1.29 is 19.6 Å². The molecule has 0 fully saturated rings. The summed E-state index contributed by atoms with van der Waals surface area (Å²) in [5.74, 6) is -0.311. The molecule has 0 heterocycles. The van der Waals surface area contributed by atoms with Crippen LogP contribution in [0.5, 0.6) is 11.5 Å². The maximum absolute atomic E-state index is 11.7. The van der Waals surface area contributed by atoms with Gasteiger partial charge in [0.1, 0.15) is 11.5 Å². The van der Waals surface area contributed by atoms with E-state index in [0.717, 1.165) is 0 Å². The molecule has 0 bridgehead atoms. The first kappa shape index (κ1) is 18.7. The Morgan fingerprint density at radius 3 is 2.84 bits per heavy atom. The third-order valence-electron chi connectivity index (χ3n) is 2.87. The fourth-order valence-electron chi connectivity index (χ4n) is 1.70. The number of phenolic OH excluding ortho intramolecular Hbond substituents is 1. The van der Waals surface area contributed by atoms with E-state index in [2.05, 4.69) is 26.5 Å². The number of hydrogen-bond donors (Lipinski definition) is 2. The maximum atomic E-state index is 11.7.